The third-order valence-electron chi connectivity index (χ3n) is 3.74. The quantitative estimate of drug-likeness (QED) is 0.592. The smallest absolute Gasteiger partial charge is 0.408 e. The highest BCUT2D eigenvalue weighted by Crippen LogP contribution is 2.13. The van der Waals surface area contributed by atoms with Crippen LogP contribution < -0.4 is 15.4 Å². The molecule has 9 nitrogen and oxygen atoms in total. The normalized spacial score (nSPS) is 13.0. The minimum Gasteiger partial charge on any atom is -0.497 e. The van der Waals surface area contributed by atoms with Crippen LogP contribution in [0, 0.1) is 0 Å². The van der Waals surface area contributed by atoms with Crippen LogP contribution in [0.1, 0.15) is 26.3 Å². The highest BCUT2D eigenvalue weighted by atomic mass is 16.6. The van der Waals surface area contributed by atoms with Crippen LogP contribution in [-0.2, 0) is 30.2 Å². The van der Waals surface area contributed by atoms with E-state index in [0.29, 0.717) is 5.75 Å². The number of rotatable bonds is 9. The minimum absolute atomic E-state index is 0.0957. The first-order valence-electron chi connectivity index (χ1n) is 9.09. The lowest BCUT2D eigenvalue weighted by molar-refractivity contribution is -0.145. The molecule has 0 aliphatic rings. The van der Waals surface area contributed by atoms with Crippen LogP contribution in [0.5, 0.6) is 5.75 Å². The van der Waals surface area contributed by atoms with Gasteiger partial charge >= 0.3 is 12.1 Å². The van der Waals surface area contributed by atoms with E-state index in [1.807, 2.05) is 0 Å². The first-order valence-corrected chi connectivity index (χ1v) is 9.09. The number of carbonyl (C=O) groups excluding carboxylic acids is 3. The average molecular weight is 410 g/mol. The first kappa shape index (κ1) is 24.2. The molecule has 0 radical (unpaired) electrons. The average Bonchev–Trinajstić information content (AvgIpc) is 2.65. The number of alkyl carbamates (subject to hydrolysis) is 1. The Balaban J connectivity index is 2.86. The van der Waals surface area contributed by atoms with E-state index in [1.54, 1.807) is 52.1 Å². The molecular weight excluding hydrogens is 380 g/mol. The number of methoxy groups -OCH3 is 3. The van der Waals surface area contributed by atoms with Gasteiger partial charge in [0.05, 0.1) is 20.8 Å². The van der Waals surface area contributed by atoms with E-state index in [0.717, 1.165) is 5.56 Å². The van der Waals surface area contributed by atoms with Gasteiger partial charge in [-0.05, 0) is 38.5 Å². The van der Waals surface area contributed by atoms with Crippen LogP contribution in [-0.4, -0.2) is 63.6 Å². The summed E-state index contributed by atoms with van der Waals surface area (Å²) in [5, 5.41) is 5.05. The molecule has 0 aliphatic carbocycles. The number of ether oxygens (including phenoxy) is 4. The van der Waals surface area contributed by atoms with Gasteiger partial charge < -0.3 is 29.6 Å². The van der Waals surface area contributed by atoms with Crippen LogP contribution in [0.2, 0.25) is 0 Å². The van der Waals surface area contributed by atoms with Crippen LogP contribution in [0.4, 0.5) is 4.79 Å². The number of hydrogen-bond acceptors (Lipinski definition) is 7. The van der Waals surface area contributed by atoms with Crippen molar-refractivity contribution in [3.8, 4) is 5.75 Å². The molecule has 0 heterocycles. The lowest BCUT2D eigenvalue weighted by Gasteiger charge is -2.24. The highest BCUT2D eigenvalue weighted by molar-refractivity contribution is 5.89. The number of hydrogen-bond donors (Lipinski definition) is 2. The Morgan fingerprint density at radius 1 is 0.966 bits per heavy atom. The zero-order valence-electron chi connectivity index (χ0n) is 17.7. The van der Waals surface area contributed by atoms with Crippen LogP contribution in [0.3, 0.4) is 0 Å². The fourth-order valence-corrected chi connectivity index (χ4v) is 2.40. The zero-order valence-corrected chi connectivity index (χ0v) is 17.7. The minimum atomic E-state index is -1.04. The van der Waals surface area contributed by atoms with Gasteiger partial charge in [-0.1, -0.05) is 12.1 Å². The summed E-state index contributed by atoms with van der Waals surface area (Å²) in [6.07, 6.45) is -0.561. The Hall–Kier alpha value is -2.81. The van der Waals surface area contributed by atoms with Crippen molar-refractivity contribution in [1.82, 2.24) is 10.6 Å². The second-order valence-corrected chi connectivity index (χ2v) is 7.29. The Morgan fingerprint density at radius 3 is 2.07 bits per heavy atom. The molecular formula is C20H30N2O7. The molecule has 1 aromatic carbocycles. The molecule has 29 heavy (non-hydrogen) atoms. The second-order valence-electron chi connectivity index (χ2n) is 7.29. The van der Waals surface area contributed by atoms with E-state index >= 15 is 0 Å². The number of nitrogens with one attached hydrogen (secondary N) is 2. The molecule has 0 unspecified atom stereocenters. The van der Waals surface area contributed by atoms with E-state index in [-0.39, 0.29) is 13.0 Å². The maximum Gasteiger partial charge on any atom is 0.408 e. The molecule has 0 aliphatic heterocycles. The maximum absolute atomic E-state index is 12.7. The summed E-state index contributed by atoms with van der Waals surface area (Å²) in [5.41, 5.74) is 0.0751. The molecule has 0 saturated carbocycles. The van der Waals surface area contributed by atoms with Crippen molar-refractivity contribution in [1.29, 1.82) is 0 Å². The van der Waals surface area contributed by atoms with Crippen molar-refractivity contribution in [3.63, 3.8) is 0 Å². The SMILES string of the molecule is COC[C@H](NC(=O)OC(C)(C)C)C(=O)N[C@@H](Cc1ccc(OC)cc1)C(=O)OC. The van der Waals surface area contributed by atoms with Gasteiger partial charge in [0.25, 0.3) is 0 Å². The maximum atomic E-state index is 12.7. The molecule has 0 spiro atoms. The van der Waals surface area contributed by atoms with Gasteiger partial charge in [-0.15, -0.1) is 0 Å². The van der Waals surface area contributed by atoms with E-state index in [1.165, 1.54) is 14.2 Å². The van der Waals surface area contributed by atoms with Crippen molar-refractivity contribution in [3.05, 3.63) is 29.8 Å². The second kappa shape index (κ2) is 11.3. The molecule has 9 heteroatoms. The molecule has 2 atom stereocenters. The molecule has 162 valence electrons. The summed E-state index contributed by atoms with van der Waals surface area (Å²) in [4.78, 5) is 36.8. The molecule has 0 bridgehead atoms. The summed E-state index contributed by atoms with van der Waals surface area (Å²) in [6.45, 7) is 5.03. The highest BCUT2D eigenvalue weighted by Gasteiger charge is 2.29. The third kappa shape index (κ3) is 8.82. The number of carbonyl (C=O) groups is 3. The molecule has 2 amide bonds. The number of amides is 2. The van der Waals surface area contributed by atoms with E-state index in [9.17, 15) is 14.4 Å². The zero-order chi connectivity index (χ0) is 22.0. The summed E-state index contributed by atoms with van der Waals surface area (Å²) in [7, 11) is 4.19. The van der Waals surface area contributed by atoms with Crippen molar-refractivity contribution >= 4 is 18.0 Å². The van der Waals surface area contributed by atoms with E-state index in [4.69, 9.17) is 18.9 Å². The standard InChI is InChI=1S/C20H30N2O7/c1-20(2,3)29-19(25)22-16(12-26-4)17(23)21-15(18(24)28-6)11-13-7-9-14(27-5)10-8-13/h7-10,15-16H,11-12H2,1-6H3,(H,21,23)(H,22,25)/t15-,16-/m0/s1. The van der Waals surface area contributed by atoms with Gasteiger partial charge in [-0.25, -0.2) is 9.59 Å². The van der Waals surface area contributed by atoms with Crippen LogP contribution in [0.15, 0.2) is 24.3 Å². The van der Waals surface area contributed by atoms with Crippen LogP contribution >= 0.6 is 0 Å². The predicted molar refractivity (Wildman–Crippen MR) is 106 cm³/mol. The molecule has 0 aromatic heterocycles. The summed E-state index contributed by atoms with van der Waals surface area (Å²) < 4.78 is 20.1. The van der Waals surface area contributed by atoms with Crippen molar-refractivity contribution in [2.45, 2.75) is 44.9 Å². The van der Waals surface area contributed by atoms with E-state index < -0.39 is 35.7 Å². The largest absolute Gasteiger partial charge is 0.497 e. The topological polar surface area (TPSA) is 112 Å². The van der Waals surface area contributed by atoms with Gasteiger partial charge in [0.1, 0.15) is 23.4 Å². The summed E-state index contributed by atoms with van der Waals surface area (Å²) in [5.74, 6) is -0.529. The van der Waals surface area contributed by atoms with Gasteiger partial charge in [0, 0.05) is 13.5 Å². The fourth-order valence-electron chi connectivity index (χ4n) is 2.40. The lowest BCUT2D eigenvalue weighted by atomic mass is 10.1. The summed E-state index contributed by atoms with van der Waals surface area (Å²) in [6, 6.07) is 5.09. The number of esters is 1. The molecule has 1 aromatic rings. The Morgan fingerprint density at radius 2 is 1.59 bits per heavy atom. The molecule has 1 rings (SSSR count). The van der Waals surface area contributed by atoms with Gasteiger partial charge in [0.2, 0.25) is 5.91 Å². The predicted octanol–water partition coefficient (Wildman–Crippen LogP) is 1.44. The Kier molecular flexibility index (Phi) is 9.40. The molecule has 2 N–H and O–H groups in total. The number of benzene rings is 1. The first-order chi connectivity index (χ1) is 13.6. The van der Waals surface area contributed by atoms with Crippen LogP contribution in [0.25, 0.3) is 0 Å². The Labute approximate surface area is 171 Å². The molecule has 0 fully saturated rings. The Bertz CT molecular complexity index is 683. The van der Waals surface area contributed by atoms with Crippen molar-refractivity contribution in [2.24, 2.45) is 0 Å². The lowest BCUT2D eigenvalue weighted by Crippen LogP contribution is -2.54. The van der Waals surface area contributed by atoms with Gasteiger partial charge in [-0.2, -0.15) is 0 Å². The van der Waals surface area contributed by atoms with E-state index in [2.05, 4.69) is 10.6 Å². The third-order valence-corrected chi connectivity index (χ3v) is 3.74. The monoisotopic (exact) mass is 410 g/mol. The van der Waals surface area contributed by atoms with Crippen molar-refractivity contribution < 1.29 is 33.3 Å². The van der Waals surface area contributed by atoms with Gasteiger partial charge in [0.15, 0.2) is 0 Å². The van der Waals surface area contributed by atoms with Crippen molar-refractivity contribution in [2.75, 3.05) is 27.9 Å². The van der Waals surface area contributed by atoms with Gasteiger partial charge in [-0.3, -0.25) is 4.79 Å². The summed E-state index contributed by atoms with van der Waals surface area (Å²) >= 11 is 0. The molecule has 0 saturated heterocycles. The fraction of sp³-hybridized carbons (Fsp3) is 0.550.